The van der Waals surface area contributed by atoms with Crippen LogP contribution in [0.1, 0.15) is 175 Å². The maximum Gasteiger partial charge on any atom is 0.303 e. The van der Waals surface area contributed by atoms with E-state index in [0.717, 1.165) is 38.5 Å². The van der Waals surface area contributed by atoms with Crippen LogP contribution >= 0.6 is 0 Å². The molecule has 0 amide bonds. The number of carbonyl (C=O) groups is 3. The van der Waals surface area contributed by atoms with Gasteiger partial charge in [0.15, 0.2) is 0 Å². The molecule has 254 valence electrons. The number of unbranched alkanes of at least 4 members (excludes halogenated alkanes) is 18. The fourth-order valence-corrected chi connectivity index (χ4v) is 3.76. The molecule has 0 aliphatic carbocycles. The van der Waals surface area contributed by atoms with Crippen molar-refractivity contribution >= 4 is 17.9 Å². The quantitative estimate of drug-likeness (QED) is 0.0532. The molecule has 0 aliphatic rings. The van der Waals surface area contributed by atoms with Crippen molar-refractivity contribution in [3.8, 4) is 0 Å². The lowest BCUT2D eigenvalue weighted by Crippen LogP contribution is -2.15. The molecule has 9 nitrogen and oxygen atoms in total. The highest BCUT2D eigenvalue weighted by molar-refractivity contribution is 5.67. The Morgan fingerprint density at radius 3 is 0.738 bits per heavy atom. The summed E-state index contributed by atoms with van der Waals surface area (Å²) in [5, 5.41) is 49.1. The normalized spacial score (nSPS) is 10.1. The Bertz CT molecular complexity index is 538. The second kappa shape index (κ2) is 43.7. The first-order valence-corrected chi connectivity index (χ1v) is 16.7. The molecule has 6 N–H and O–H groups in total. The molecule has 0 spiro atoms. The minimum Gasteiger partial charge on any atom is -0.481 e. The molecule has 0 aliphatic heterocycles. The Morgan fingerprint density at radius 1 is 0.405 bits per heavy atom. The summed E-state index contributed by atoms with van der Waals surface area (Å²) in [5.41, 5.74) is 0. The van der Waals surface area contributed by atoms with Crippen LogP contribution in [-0.2, 0) is 14.4 Å². The molecule has 9 heteroatoms. The first-order chi connectivity index (χ1) is 20.1. The van der Waals surface area contributed by atoms with Crippen molar-refractivity contribution in [3.63, 3.8) is 0 Å². The Balaban J connectivity index is -0.000000238. The molecule has 0 bridgehead atoms. The Hall–Kier alpha value is -1.71. The lowest BCUT2D eigenvalue weighted by atomic mass is 10.1. The van der Waals surface area contributed by atoms with Crippen LogP contribution in [0.2, 0.25) is 0 Å². The molecule has 0 aromatic carbocycles. The summed E-state index contributed by atoms with van der Waals surface area (Å²) < 4.78 is 0. The van der Waals surface area contributed by atoms with Crippen LogP contribution in [0.5, 0.6) is 0 Å². The van der Waals surface area contributed by atoms with Crippen molar-refractivity contribution in [2.45, 2.75) is 181 Å². The van der Waals surface area contributed by atoms with Gasteiger partial charge in [-0.05, 0) is 19.3 Å². The van der Waals surface area contributed by atoms with Crippen LogP contribution < -0.4 is 0 Å². The van der Waals surface area contributed by atoms with Crippen molar-refractivity contribution in [3.05, 3.63) is 0 Å². The average molecular weight is 609 g/mol. The number of hydrogen-bond acceptors (Lipinski definition) is 6. The third-order valence-corrected chi connectivity index (χ3v) is 6.40. The van der Waals surface area contributed by atoms with Gasteiger partial charge in [-0.25, -0.2) is 0 Å². The zero-order valence-electron chi connectivity index (χ0n) is 27.4. The maximum absolute atomic E-state index is 10.2. The lowest BCUT2D eigenvalue weighted by molar-refractivity contribution is -0.138. The van der Waals surface area contributed by atoms with Gasteiger partial charge in [-0.3, -0.25) is 14.4 Å². The van der Waals surface area contributed by atoms with Gasteiger partial charge in [0, 0.05) is 19.3 Å². The minimum absolute atomic E-state index is 0.337. The highest BCUT2D eigenvalue weighted by atomic mass is 16.4. The van der Waals surface area contributed by atoms with Crippen LogP contribution in [0.25, 0.3) is 0 Å². The van der Waals surface area contributed by atoms with E-state index < -0.39 is 24.0 Å². The summed E-state index contributed by atoms with van der Waals surface area (Å²) in [7, 11) is 0. The van der Waals surface area contributed by atoms with Gasteiger partial charge < -0.3 is 30.6 Å². The van der Waals surface area contributed by atoms with Crippen molar-refractivity contribution in [1.82, 2.24) is 0 Å². The fraction of sp³-hybridized carbons (Fsp3) is 0.909. The van der Waals surface area contributed by atoms with Crippen molar-refractivity contribution < 1.29 is 45.0 Å². The molecule has 0 radical (unpaired) electrons. The zero-order chi connectivity index (χ0) is 32.7. The minimum atomic E-state index is -0.954. The molecule has 0 aromatic heterocycles. The monoisotopic (exact) mass is 608 g/mol. The molecule has 42 heavy (non-hydrogen) atoms. The molecule has 0 unspecified atom stereocenters. The molecule has 0 atom stereocenters. The molecule has 0 fully saturated rings. The average Bonchev–Trinajstić information content (AvgIpc) is 2.96. The van der Waals surface area contributed by atoms with E-state index in [4.69, 9.17) is 30.6 Å². The highest BCUT2D eigenvalue weighted by Gasteiger charge is 1.97. The van der Waals surface area contributed by atoms with Gasteiger partial charge in [0.1, 0.15) is 6.10 Å². The van der Waals surface area contributed by atoms with Gasteiger partial charge in [0.2, 0.25) is 0 Å². The van der Waals surface area contributed by atoms with E-state index in [9.17, 15) is 14.4 Å². The fourth-order valence-electron chi connectivity index (χ4n) is 3.76. The predicted octanol–water partition coefficient (Wildman–Crippen LogP) is 7.97. The first-order valence-electron chi connectivity index (χ1n) is 16.7. The van der Waals surface area contributed by atoms with Gasteiger partial charge >= 0.3 is 17.9 Å². The van der Waals surface area contributed by atoms with E-state index in [1.54, 1.807) is 0 Å². The summed E-state index contributed by atoms with van der Waals surface area (Å²) in [6, 6.07) is 0. The summed E-state index contributed by atoms with van der Waals surface area (Å²) in [4.78, 5) is 30.4. The van der Waals surface area contributed by atoms with Crippen LogP contribution in [0.4, 0.5) is 0 Å². The van der Waals surface area contributed by atoms with Gasteiger partial charge in [0.05, 0.1) is 13.2 Å². The van der Waals surface area contributed by atoms with E-state index in [1.165, 1.54) is 96.3 Å². The zero-order valence-corrected chi connectivity index (χ0v) is 27.4. The van der Waals surface area contributed by atoms with E-state index in [-0.39, 0.29) is 13.2 Å². The van der Waals surface area contributed by atoms with E-state index in [0.29, 0.717) is 19.3 Å². The largest absolute Gasteiger partial charge is 0.481 e. The third kappa shape index (κ3) is 62.1. The topological polar surface area (TPSA) is 173 Å². The SMILES string of the molecule is CCCCCCCC(=O)O.CCCCCCCCCC(=O)O.CCCCCCCCCCCC(=O)O.OCC(O)CO. The molecular weight excluding hydrogens is 540 g/mol. The number of rotatable bonds is 26. The van der Waals surface area contributed by atoms with Crippen LogP contribution in [0, 0.1) is 0 Å². The standard InChI is InChI=1S/C12H24O2.C10H20O2.C8H16O2.C3H8O3/c1-2-3-4-5-6-7-8-9-10-11-12(13)14;1-2-3-4-5-6-7-8-9-10(11)12;1-2-3-4-5-6-7-8(9)10;4-1-3(6)2-5/h2-11H2,1H3,(H,13,14);2-9H2,1H3,(H,11,12);2-7H2,1H3,(H,9,10);3-6H,1-2H2. The van der Waals surface area contributed by atoms with Crippen molar-refractivity contribution in [2.24, 2.45) is 0 Å². The summed E-state index contributed by atoms with van der Waals surface area (Å²) >= 11 is 0. The summed E-state index contributed by atoms with van der Waals surface area (Å²) in [6.07, 6.45) is 25.1. The number of hydrogen-bond donors (Lipinski definition) is 6. The van der Waals surface area contributed by atoms with E-state index >= 15 is 0 Å². The molecule has 0 saturated carbocycles. The molecule has 0 saturated heterocycles. The van der Waals surface area contributed by atoms with Crippen LogP contribution in [0.3, 0.4) is 0 Å². The highest BCUT2D eigenvalue weighted by Crippen LogP contribution is 2.10. The number of aliphatic carboxylic acids is 3. The second-order valence-electron chi connectivity index (χ2n) is 10.8. The molecule has 0 heterocycles. The van der Waals surface area contributed by atoms with Crippen molar-refractivity contribution in [1.29, 1.82) is 0 Å². The summed E-state index contributed by atoms with van der Waals surface area (Å²) in [5.74, 6) is -1.99. The Labute approximate surface area is 257 Å². The first kappa shape index (κ1) is 47.2. The predicted molar refractivity (Wildman–Crippen MR) is 171 cm³/mol. The van der Waals surface area contributed by atoms with Gasteiger partial charge in [-0.15, -0.1) is 0 Å². The lowest BCUT2D eigenvalue weighted by Gasteiger charge is -2.00. The smallest absolute Gasteiger partial charge is 0.303 e. The van der Waals surface area contributed by atoms with E-state index in [2.05, 4.69) is 20.8 Å². The number of aliphatic hydroxyl groups is 3. The van der Waals surface area contributed by atoms with Gasteiger partial charge in [-0.1, -0.05) is 136 Å². The second-order valence-corrected chi connectivity index (χ2v) is 10.8. The van der Waals surface area contributed by atoms with E-state index in [1.807, 2.05) is 0 Å². The van der Waals surface area contributed by atoms with Crippen LogP contribution in [-0.4, -0.2) is 67.9 Å². The molecule has 0 aromatic rings. The van der Waals surface area contributed by atoms with Crippen LogP contribution in [0.15, 0.2) is 0 Å². The number of carboxylic acids is 3. The molecule has 0 rings (SSSR count). The Morgan fingerprint density at radius 2 is 0.595 bits per heavy atom. The Kier molecular flexibility index (Phi) is 49.2. The van der Waals surface area contributed by atoms with Crippen molar-refractivity contribution in [2.75, 3.05) is 13.2 Å². The van der Waals surface area contributed by atoms with Gasteiger partial charge in [-0.2, -0.15) is 0 Å². The summed E-state index contributed by atoms with van der Waals surface area (Å²) in [6.45, 7) is 5.85. The van der Waals surface area contributed by atoms with Gasteiger partial charge in [0.25, 0.3) is 0 Å². The molecular formula is C33H68O9. The maximum atomic E-state index is 10.2. The number of carboxylic acid groups (broad SMARTS) is 3. The number of aliphatic hydroxyl groups excluding tert-OH is 3. The third-order valence-electron chi connectivity index (χ3n) is 6.40.